The maximum atomic E-state index is 12.4. The molecule has 2 saturated heterocycles. The summed E-state index contributed by atoms with van der Waals surface area (Å²) < 4.78 is 0. The van der Waals surface area contributed by atoms with Gasteiger partial charge in [-0.15, -0.1) is 12.4 Å². The number of rotatable bonds is 3. The zero-order chi connectivity index (χ0) is 12.4. The first-order valence-electron chi connectivity index (χ1n) is 7.45. The van der Waals surface area contributed by atoms with Gasteiger partial charge < -0.3 is 10.2 Å². The molecule has 2 atom stereocenters. The predicted molar refractivity (Wildman–Crippen MR) is 83.1 cm³/mol. The molecule has 19 heavy (non-hydrogen) atoms. The minimum absolute atomic E-state index is 0. The Balaban J connectivity index is 0.00000133. The summed E-state index contributed by atoms with van der Waals surface area (Å²) in [6, 6.07) is 1.00. The first kappa shape index (κ1) is 15.5. The summed E-state index contributed by atoms with van der Waals surface area (Å²) in [5.74, 6) is 3.53. The van der Waals surface area contributed by atoms with E-state index in [1.807, 2.05) is 11.8 Å². The van der Waals surface area contributed by atoms with Gasteiger partial charge in [0.05, 0.1) is 0 Å². The van der Waals surface area contributed by atoms with Gasteiger partial charge in [0.15, 0.2) is 0 Å². The lowest BCUT2D eigenvalue weighted by molar-refractivity contribution is -0.134. The normalized spacial score (nSPS) is 31.7. The van der Waals surface area contributed by atoms with E-state index in [0.29, 0.717) is 18.0 Å². The molecule has 0 aromatic rings. The molecule has 3 rings (SSSR count). The molecule has 1 saturated carbocycles. The van der Waals surface area contributed by atoms with Crippen LogP contribution in [0.5, 0.6) is 0 Å². The highest BCUT2D eigenvalue weighted by Gasteiger charge is 2.37. The van der Waals surface area contributed by atoms with Gasteiger partial charge in [-0.3, -0.25) is 4.79 Å². The van der Waals surface area contributed by atoms with E-state index in [9.17, 15) is 4.79 Å². The Morgan fingerprint density at radius 3 is 2.74 bits per heavy atom. The van der Waals surface area contributed by atoms with Crippen LogP contribution in [-0.2, 0) is 4.79 Å². The van der Waals surface area contributed by atoms with E-state index in [4.69, 9.17) is 0 Å². The lowest BCUT2D eigenvalue weighted by Crippen LogP contribution is -2.46. The SMILES string of the molecule is Cl.O=C(CC1CSCCN1)N1CCCC1C1CCC1. The lowest BCUT2D eigenvalue weighted by Gasteiger charge is -2.37. The monoisotopic (exact) mass is 304 g/mol. The van der Waals surface area contributed by atoms with Crippen LogP contribution in [0.1, 0.15) is 38.5 Å². The molecule has 1 N–H and O–H groups in total. The second kappa shape index (κ2) is 7.19. The fraction of sp³-hybridized carbons (Fsp3) is 0.929. The van der Waals surface area contributed by atoms with Crippen LogP contribution < -0.4 is 5.32 Å². The molecule has 3 nitrogen and oxygen atoms in total. The molecule has 0 spiro atoms. The Morgan fingerprint density at radius 1 is 1.26 bits per heavy atom. The molecule has 2 unspecified atom stereocenters. The minimum Gasteiger partial charge on any atom is -0.339 e. The third kappa shape index (κ3) is 3.59. The largest absolute Gasteiger partial charge is 0.339 e. The molecule has 0 aromatic carbocycles. The molecule has 0 bridgehead atoms. The van der Waals surface area contributed by atoms with Crippen LogP contribution in [0.4, 0.5) is 0 Å². The summed E-state index contributed by atoms with van der Waals surface area (Å²) in [4.78, 5) is 14.7. The summed E-state index contributed by atoms with van der Waals surface area (Å²) in [7, 11) is 0. The van der Waals surface area contributed by atoms with Crippen LogP contribution in [0.2, 0.25) is 0 Å². The zero-order valence-electron chi connectivity index (χ0n) is 11.5. The number of carbonyl (C=O) groups is 1. The third-order valence-corrected chi connectivity index (χ3v) is 5.86. The number of thioether (sulfide) groups is 1. The zero-order valence-corrected chi connectivity index (χ0v) is 13.1. The fourth-order valence-electron chi connectivity index (χ4n) is 3.50. The van der Waals surface area contributed by atoms with Gasteiger partial charge in [-0.2, -0.15) is 11.8 Å². The van der Waals surface area contributed by atoms with Gasteiger partial charge in [-0.1, -0.05) is 6.42 Å². The van der Waals surface area contributed by atoms with Crippen molar-refractivity contribution in [1.82, 2.24) is 10.2 Å². The molecule has 0 radical (unpaired) electrons. The number of halogens is 1. The molecule has 3 fully saturated rings. The summed E-state index contributed by atoms with van der Waals surface area (Å²) in [6.45, 7) is 2.08. The van der Waals surface area contributed by atoms with E-state index in [-0.39, 0.29) is 12.4 Å². The first-order valence-corrected chi connectivity index (χ1v) is 8.60. The number of nitrogens with zero attached hydrogens (tertiary/aromatic N) is 1. The molecular weight excluding hydrogens is 280 g/mol. The van der Waals surface area contributed by atoms with Crippen LogP contribution in [0.25, 0.3) is 0 Å². The summed E-state index contributed by atoms with van der Waals surface area (Å²) in [5, 5.41) is 3.48. The van der Waals surface area contributed by atoms with Crippen molar-refractivity contribution in [3.05, 3.63) is 0 Å². The van der Waals surface area contributed by atoms with Crippen molar-refractivity contribution in [2.75, 3.05) is 24.6 Å². The quantitative estimate of drug-likeness (QED) is 0.868. The Hall–Kier alpha value is 0.0700. The van der Waals surface area contributed by atoms with Crippen LogP contribution in [0.3, 0.4) is 0 Å². The number of likely N-dealkylation sites (tertiary alicyclic amines) is 1. The fourth-order valence-corrected chi connectivity index (χ4v) is 4.44. The second-order valence-electron chi connectivity index (χ2n) is 5.92. The number of amides is 1. The molecule has 2 heterocycles. The van der Waals surface area contributed by atoms with Crippen molar-refractivity contribution in [3.8, 4) is 0 Å². The molecule has 1 aliphatic carbocycles. The number of nitrogens with one attached hydrogen (secondary N) is 1. The van der Waals surface area contributed by atoms with Crippen LogP contribution in [-0.4, -0.2) is 47.5 Å². The maximum absolute atomic E-state index is 12.4. The number of carbonyl (C=O) groups excluding carboxylic acids is 1. The first-order chi connectivity index (χ1) is 8.84. The van der Waals surface area contributed by atoms with Gasteiger partial charge >= 0.3 is 0 Å². The van der Waals surface area contributed by atoms with E-state index in [1.54, 1.807) is 0 Å². The van der Waals surface area contributed by atoms with Crippen molar-refractivity contribution >= 4 is 30.1 Å². The van der Waals surface area contributed by atoms with Gasteiger partial charge in [-0.05, 0) is 31.6 Å². The minimum atomic E-state index is 0. The van der Waals surface area contributed by atoms with Crippen LogP contribution in [0.15, 0.2) is 0 Å². The summed E-state index contributed by atoms with van der Waals surface area (Å²) in [6.07, 6.45) is 7.28. The Labute approximate surface area is 126 Å². The number of hydrogen-bond donors (Lipinski definition) is 1. The van der Waals surface area contributed by atoms with Crippen molar-refractivity contribution in [2.24, 2.45) is 5.92 Å². The average molecular weight is 305 g/mol. The lowest BCUT2D eigenvalue weighted by atomic mass is 9.78. The van der Waals surface area contributed by atoms with E-state index in [0.717, 1.165) is 31.2 Å². The van der Waals surface area contributed by atoms with E-state index < -0.39 is 0 Å². The van der Waals surface area contributed by atoms with E-state index in [1.165, 1.54) is 37.9 Å². The van der Waals surface area contributed by atoms with Crippen LogP contribution >= 0.6 is 24.2 Å². The molecule has 0 aromatic heterocycles. The summed E-state index contributed by atoms with van der Waals surface area (Å²) >= 11 is 1.98. The summed E-state index contributed by atoms with van der Waals surface area (Å²) in [5.41, 5.74) is 0. The topological polar surface area (TPSA) is 32.3 Å². The van der Waals surface area contributed by atoms with Gasteiger partial charge in [0, 0.05) is 43.1 Å². The Morgan fingerprint density at radius 2 is 2.11 bits per heavy atom. The van der Waals surface area contributed by atoms with Crippen molar-refractivity contribution in [3.63, 3.8) is 0 Å². The van der Waals surface area contributed by atoms with Gasteiger partial charge in [-0.25, -0.2) is 0 Å². The second-order valence-corrected chi connectivity index (χ2v) is 7.07. The highest BCUT2D eigenvalue weighted by molar-refractivity contribution is 7.99. The highest BCUT2D eigenvalue weighted by atomic mass is 35.5. The third-order valence-electron chi connectivity index (χ3n) is 4.73. The van der Waals surface area contributed by atoms with E-state index in [2.05, 4.69) is 10.2 Å². The van der Waals surface area contributed by atoms with E-state index >= 15 is 0 Å². The smallest absolute Gasteiger partial charge is 0.224 e. The standard InChI is InChI=1S/C14H24N2OS.ClH/c17-14(9-12-10-18-8-6-15-12)16-7-2-5-13(16)11-3-1-4-11;/h11-13,15H,1-10H2;1H. The molecule has 1 amide bonds. The molecule has 110 valence electrons. The Bertz CT molecular complexity index is 306. The molecule has 3 aliphatic rings. The average Bonchev–Trinajstić information content (AvgIpc) is 2.77. The van der Waals surface area contributed by atoms with Crippen molar-refractivity contribution in [1.29, 1.82) is 0 Å². The van der Waals surface area contributed by atoms with Gasteiger partial charge in [0.1, 0.15) is 0 Å². The molecule has 5 heteroatoms. The van der Waals surface area contributed by atoms with Gasteiger partial charge in [0.2, 0.25) is 5.91 Å². The predicted octanol–water partition coefficient (Wildman–Crippen LogP) is 2.29. The van der Waals surface area contributed by atoms with Gasteiger partial charge in [0.25, 0.3) is 0 Å². The maximum Gasteiger partial charge on any atom is 0.224 e. The molecular formula is C14H25ClN2OS. The molecule has 2 aliphatic heterocycles. The van der Waals surface area contributed by atoms with Crippen molar-refractivity contribution in [2.45, 2.75) is 50.6 Å². The van der Waals surface area contributed by atoms with Crippen molar-refractivity contribution < 1.29 is 4.79 Å². The number of hydrogen-bond acceptors (Lipinski definition) is 3. The Kier molecular flexibility index (Phi) is 5.85. The van der Waals surface area contributed by atoms with Crippen LogP contribution in [0, 0.1) is 5.92 Å². The highest BCUT2D eigenvalue weighted by Crippen LogP contribution is 2.37.